The van der Waals surface area contributed by atoms with Crippen molar-refractivity contribution in [2.24, 2.45) is 0 Å². The molecule has 0 saturated heterocycles. The maximum absolute atomic E-state index is 12.5. The SMILES string of the molecule is COC[C@@H](C)NC(=O)c1c(-n2cccc2)sc(C)c1C. The van der Waals surface area contributed by atoms with E-state index in [1.54, 1.807) is 18.4 Å². The first kappa shape index (κ1) is 14.8. The molecular weight excluding hydrogens is 272 g/mol. The minimum atomic E-state index is -0.0416. The Balaban J connectivity index is 2.33. The molecule has 1 amide bonds. The second-order valence-corrected chi connectivity index (χ2v) is 6.09. The fourth-order valence-electron chi connectivity index (χ4n) is 2.12. The van der Waals surface area contributed by atoms with Crippen LogP contribution in [0.15, 0.2) is 24.5 Å². The zero-order valence-electron chi connectivity index (χ0n) is 12.3. The van der Waals surface area contributed by atoms with E-state index in [9.17, 15) is 4.79 Å². The van der Waals surface area contributed by atoms with Crippen LogP contribution in [-0.2, 0) is 4.74 Å². The van der Waals surface area contributed by atoms with E-state index in [0.29, 0.717) is 6.61 Å². The van der Waals surface area contributed by atoms with Gasteiger partial charge in [-0.25, -0.2) is 0 Å². The molecule has 0 aliphatic rings. The Morgan fingerprint density at radius 2 is 2.05 bits per heavy atom. The largest absolute Gasteiger partial charge is 0.383 e. The molecule has 2 aromatic heterocycles. The fraction of sp³-hybridized carbons (Fsp3) is 0.400. The summed E-state index contributed by atoms with van der Waals surface area (Å²) in [5.41, 5.74) is 1.80. The zero-order valence-corrected chi connectivity index (χ0v) is 13.1. The predicted octanol–water partition coefficient (Wildman–Crippen LogP) is 2.92. The molecule has 0 aliphatic heterocycles. The first-order chi connectivity index (χ1) is 9.54. The number of nitrogens with zero attached hydrogens (tertiary/aromatic N) is 1. The van der Waals surface area contributed by atoms with Gasteiger partial charge in [-0.3, -0.25) is 4.79 Å². The van der Waals surface area contributed by atoms with Crippen LogP contribution in [0, 0.1) is 13.8 Å². The Morgan fingerprint density at radius 3 is 2.65 bits per heavy atom. The first-order valence-corrected chi connectivity index (χ1v) is 7.39. The minimum absolute atomic E-state index is 0.00961. The maximum Gasteiger partial charge on any atom is 0.254 e. The van der Waals surface area contributed by atoms with E-state index in [1.807, 2.05) is 49.9 Å². The molecule has 5 heteroatoms. The number of rotatable bonds is 5. The van der Waals surface area contributed by atoms with Crippen LogP contribution in [0.25, 0.3) is 5.00 Å². The van der Waals surface area contributed by atoms with Gasteiger partial charge in [0.25, 0.3) is 5.91 Å². The normalized spacial score (nSPS) is 12.4. The summed E-state index contributed by atoms with van der Waals surface area (Å²) in [6, 6.07) is 3.91. The van der Waals surface area contributed by atoms with Crippen LogP contribution in [0.1, 0.15) is 27.7 Å². The maximum atomic E-state index is 12.5. The number of aromatic nitrogens is 1. The third-order valence-electron chi connectivity index (χ3n) is 3.23. The molecule has 0 radical (unpaired) electrons. The molecule has 20 heavy (non-hydrogen) atoms. The third-order valence-corrected chi connectivity index (χ3v) is 4.45. The Bertz CT molecular complexity index is 587. The second-order valence-electron chi connectivity index (χ2n) is 4.88. The summed E-state index contributed by atoms with van der Waals surface area (Å²) in [6.07, 6.45) is 3.92. The summed E-state index contributed by atoms with van der Waals surface area (Å²) in [6.45, 7) is 6.48. The van der Waals surface area contributed by atoms with Crippen LogP contribution in [0.2, 0.25) is 0 Å². The molecule has 0 aliphatic carbocycles. The number of amides is 1. The second kappa shape index (κ2) is 6.24. The summed E-state index contributed by atoms with van der Waals surface area (Å²) < 4.78 is 7.05. The molecule has 0 spiro atoms. The van der Waals surface area contributed by atoms with Gasteiger partial charge in [0.2, 0.25) is 0 Å². The molecule has 0 saturated carbocycles. The average Bonchev–Trinajstić information content (AvgIpc) is 2.99. The van der Waals surface area contributed by atoms with Crippen LogP contribution in [-0.4, -0.2) is 30.2 Å². The van der Waals surface area contributed by atoms with Crippen molar-refractivity contribution in [1.29, 1.82) is 0 Å². The summed E-state index contributed by atoms with van der Waals surface area (Å²) in [5, 5.41) is 3.95. The summed E-state index contributed by atoms with van der Waals surface area (Å²) in [7, 11) is 1.63. The van der Waals surface area contributed by atoms with Gasteiger partial charge in [0.15, 0.2) is 0 Å². The molecule has 0 bridgehead atoms. The number of carbonyl (C=O) groups is 1. The first-order valence-electron chi connectivity index (χ1n) is 6.57. The molecule has 108 valence electrons. The van der Waals surface area contributed by atoms with Crippen LogP contribution < -0.4 is 5.32 Å². The van der Waals surface area contributed by atoms with Crippen molar-refractivity contribution in [3.05, 3.63) is 40.5 Å². The lowest BCUT2D eigenvalue weighted by Crippen LogP contribution is -2.36. The standard InChI is InChI=1S/C15H20N2O2S/c1-10(9-19-4)16-14(18)13-11(2)12(3)20-15(13)17-7-5-6-8-17/h5-8,10H,9H2,1-4H3,(H,16,18)/t10-/m1/s1. The summed E-state index contributed by atoms with van der Waals surface area (Å²) in [5.74, 6) is -0.0416. The molecule has 2 heterocycles. The molecule has 0 fully saturated rings. The van der Waals surface area contributed by atoms with Crippen molar-refractivity contribution in [2.75, 3.05) is 13.7 Å². The van der Waals surface area contributed by atoms with Gasteiger partial charge in [-0.15, -0.1) is 11.3 Å². The number of thiophene rings is 1. The molecule has 4 nitrogen and oxygen atoms in total. The van der Waals surface area contributed by atoms with Crippen molar-refractivity contribution >= 4 is 17.2 Å². The molecule has 0 unspecified atom stereocenters. The highest BCUT2D eigenvalue weighted by Crippen LogP contribution is 2.30. The van der Waals surface area contributed by atoms with Gasteiger partial charge in [-0.05, 0) is 38.5 Å². The van der Waals surface area contributed by atoms with Gasteiger partial charge in [0.05, 0.1) is 12.2 Å². The highest BCUT2D eigenvalue weighted by Gasteiger charge is 2.21. The van der Waals surface area contributed by atoms with Crippen molar-refractivity contribution in [1.82, 2.24) is 9.88 Å². The van der Waals surface area contributed by atoms with Gasteiger partial charge in [-0.2, -0.15) is 0 Å². The van der Waals surface area contributed by atoms with E-state index in [0.717, 1.165) is 16.1 Å². The van der Waals surface area contributed by atoms with E-state index in [4.69, 9.17) is 4.74 Å². The van der Waals surface area contributed by atoms with Gasteiger partial charge in [0, 0.05) is 30.4 Å². The number of nitrogens with one attached hydrogen (secondary N) is 1. The molecular formula is C15H20N2O2S. The summed E-state index contributed by atoms with van der Waals surface area (Å²) >= 11 is 1.64. The molecule has 1 atom stereocenters. The number of ether oxygens (including phenoxy) is 1. The van der Waals surface area contributed by atoms with E-state index >= 15 is 0 Å². The zero-order chi connectivity index (χ0) is 14.7. The number of methoxy groups -OCH3 is 1. The van der Waals surface area contributed by atoms with E-state index in [1.165, 1.54) is 4.88 Å². The Labute approximate surface area is 123 Å². The van der Waals surface area contributed by atoms with Crippen molar-refractivity contribution in [2.45, 2.75) is 26.8 Å². The van der Waals surface area contributed by atoms with Crippen molar-refractivity contribution < 1.29 is 9.53 Å². The van der Waals surface area contributed by atoms with E-state index < -0.39 is 0 Å². The van der Waals surface area contributed by atoms with Gasteiger partial charge >= 0.3 is 0 Å². The lowest BCUT2D eigenvalue weighted by molar-refractivity contribution is 0.0905. The smallest absolute Gasteiger partial charge is 0.254 e. The van der Waals surface area contributed by atoms with Gasteiger partial charge in [0.1, 0.15) is 5.00 Å². The lowest BCUT2D eigenvalue weighted by Gasteiger charge is -2.14. The quantitative estimate of drug-likeness (QED) is 0.921. The van der Waals surface area contributed by atoms with Gasteiger partial charge < -0.3 is 14.6 Å². The van der Waals surface area contributed by atoms with E-state index in [-0.39, 0.29) is 11.9 Å². The Hall–Kier alpha value is -1.59. The Morgan fingerprint density at radius 1 is 1.40 bits per heavy atom. The topological polar surface area (TPSA) is 43.3 Å². The highest BCUT2D eigenvalue weighted by atomic mass is 32.1. The van der Waals surface area contributed by atoms with Crippen LogP contribution in [0.4, 0.5) is 0 Å². The van der Waals surface area contributed by atoms with Crippen LogP contribution >= 0.6 is 11.3 Å². The van der Waals surface area contributed by atoms with Crippen molar-refractivity contribution in [3.8, 4) is 5.00 Å². The monoisotopic (exact) mass is 292 g/mol. The molecule has 2 rings (SSSR count). The predicted molar refractivity (Wildman–Crippen MR) is 81.9 cm³/mol. The van der Waals surface area contributed by atoms with Gasteiger partial charge in [-0.1, -0.05) is 0 Å². The molecule has 1 N–H and O–H groups in total. The number of hydrogen-bond donors (Lipinski definition) is 1. The number of carbonyl (C=O) groups excluding carboxylic acids is 1. The average molecular weight is 292 g/mol. The molecule has 0 aromatic carbocycles. The minimum Gasteiger partial charge on any atom is -0.383 e. The Kier molecular flexibility index (Phi) is 4.62. The number of aryl methyl sites for hydroxylation is 1. The fourth-order valence-corrected chi connectivity index (χ4v) is 3.24. The summed E-state index contributed by atoms with van der Waals surface area (Å²) in [4.78, 5) is 13.7. The highest BCUT2D eigenvalue weighted by molar-refractivity contribution is 7.15. The number of hydrogen-bond acceptors (Lipinski definition) is 3. The lowest BCUT2D eigenvalue weighted by atomic mass is 10.1. The van der Waals surface area contributed by atoms with Crippen LogP contribution in [0.5, 0.6) is 0 Å². The van der Waals surface area contributed by atoms with Crippen LogP contribution in [0.3, 0.4) is 0 Å². The third kappa shape index (κ3) is 2.94. The van der Waals surface area contributed by atoms with E-state index in [2.05, 4.69) is 5.32 Å². The molecule has 2 aromatic rings. The van der Waals surface area contributed by atoms with Crippen molar-refractivity contribution in [3.63, 3.8) is 0 Å².